The van der Waals surface area contributed by atoms with Crippen LogP contribution in [0.15, 0.2) is 67.0 Å². The van der Waals surface area contributed by atoms with Gasteiger partial charge in [-0.15, -0.1) is 0 Å². The number of benzene rings is 2. The molecule has 0 atom stereocenters. The van der Waals surface area contributed by atoms with E-state index in [2.05, 4.69) is 9.88 Å². The summed E-state index contributed by atoms with van der Waals surface area (Å²) in [6, 6.07) is 17.8. The van der Waals surface area contributed by atoms with Gasteiger partial charge in [0.1, 0.15) is 5.82 Å². The summed E-state index contributed by atoms with van der Waals surface area (Å²) in [5, 5.41) is 0.990. The smallest absolute Gasteiger partial charge is 0.165 e. The molecule has 4 aromatic rings. The first kappa shape index (κ1) is 18.7. The highest BCUT2D eigenvalue weighted by atomic mass is 16.5. The second-order valence-corrected chi connectivity index (χ2v) is 6.64. The third-order valence-corrected chi connectivity index (χ3v) is 4.76. The van der Waals surface area contributed by atoms with E-state index in [1.165, 1.54) is 0 Å². The molecule has 146 valence electrons. The van der Waals surface area contributed by atoms with Crippen LogP contribution in [0.25, 0.3) is 22.3 Å². The van der Waals surface area contributed by atoms with Gasteiger partial charge in [0.15, 0.2) is 17.3 Å². The molecular weight excluding hydrogens is 364 g/mol. The van der Waals surface area contributed by atoms with Crippen LogP contribution in [-0.2, 0) is 6.54 Å². The maximum atomic E-state index is 5.59. The molecule has 0 saturated carbocycles. The number of anilines is 1. The quantitative estimate of drug-likeness (QED) is 0.491. The summed E-state index contributed by atoms with van der Waals surface area (Å²) in [5.41, 5.74) is 2.78. The van der Waals surface area contributed by atoms with Gasteiger partial charge in [0.25, 0.3) is 0 Å². The first-order valence-electron chi connectivity index (χ1n) is 9.29. The minimum absolute atomic E-state index is 0.605. The van der Waals surface area contributed by atoms with Crippen molar-refractivity contribution < 1.29 is 9.47 Å². The van der Waals surface area contributed by atoms with Crippen molar-refractivity contribution in [1.29, 1.82) is 0 Å². The fourth-order valence-corrected chi connectivity index (χ4v) is 3.38. The minimum atomic E-state index is 0.605. The lowest BCUT2D eigenvalue weighted by molar-refractivity contribution is 0.351. The fraction of sp³-hybridized carbons (Fsp3) is 0.174. The van der Waals surface area contributed by atoms with E-state index in [-0.39, 0.29) is 0 Å². The third kappa shape index (κ3) is 3.69. The average Bonchev–Trinajstić information content (AvgIpc) is 2.78. The lowest BCUT2D eigenvalue weighted by Crippen LogP contribution is -2.19. The Balaban J connectivity index is 1.79. The van der Waals surface area contributed by atoms with Crippen LogP contribution in [0.4, 0.5) is 5.82 Å². The largest absolute Gasteiger partial charge is 0.493 e. The van der Waals surface area contributed by atoms with Gasteiger partial charge in [-0.1, -0.05) is 24.3 Å². The van der Waals surface area contributed by atoms with Crippen LogP contribution in [0.1, 0.15) is 5.56 Å². The van der Waals surface area contributed by atoms with Crippen LogP contribution in [0.5, 0.6) is 11.5 Å². The summed E-state index contributed by atoms with van der Waals surface area (Å²) in [5.74, 6) is 2.94. The number of hydrogen-bond acceptors (Lipinski definition) is 6. The molecular formula is C23H22N4O2. The van der Waals surface area contributed by atoms with E-state index in [1.54, 1.807) is 26.6 Å². The molecule has 0 spiro atoms. The molecule has 2 heterocycles. The van der Waals surface area contributed by atoms with Crippen molar-refractivity contribution in [3.05, 3.63) is 72.6 Å². The van der Waals surface area contributed by atoms with Gasteiger partial charge in [0, 0.05) is 42.5 Å². The molecule has 0 amide bonds. The van der Waals surface area contributed by atoms with E-state index in [4.69, 9.17) is 19.4 Å². The van der Waals surface area contributed by atoms with E-state index in [0.29, 0.717) is 18.1 Å². The minimum Gasteiger partial charge on any atom is -0.493 e. The maximum absolute atomic E-state index is 5.59. The first-order chi connectivity index (χ1) is 14.2. The topological polar surface area (TPSA) is 60.4 Å². The predicted octanol–water partition coefficient (Wildman–Crippen LogP) is 4.35. The molecule has 2 aromatic heterocycles. The second kappa shape index (κ2) is 8.14. The number of methoxy groups -OCH3 is 2. The molecule has 0 saturated heterocycles. The molecule has 2 aromatic carbocycles. The SMILES string of the molecule is COc1cccc(CN(C)c2nc(-c3cccnc3)nc3ccccc23)c1OC. The Bertz CT molecular complexity index is 1130. The molecule has 0 aliphatic rings. The van der Waals surface area contributed by atoms with Crippen molar-refractivity contribution in [1.82, 2.24) is 15.0 Å². The highest BCUT2D eigenvalue weighted by Crippen LogP contribution is 2.33. The number of fused-ring (bicyclic) bond motifs is 1. The van der Waals surface area contributed by atoms with Crippen LogP contribution in [0.3, 0.4) is 0 Å². The van der Waals surface area contributed by atoms with Crippen molar-refractivity contribution in [3.8, 4) is 22.9 Å². The van der Waals surface area contributed by atoms with Crippen molar-refractivity contribution >= 4 is 16.7 Å². The van der Waals surface area contributed by atoms with E-state index < -0.39 is 0 Å². The van der Waals surface area contributed by atoms with Crippen molar-refractivity contribution in [2.24, 2.45) is 0 Å². The van der Waals surface area contributed by atoms with E-state index >= 15 is 0 Å². The van der Waals surface area contributed by atoms with Crippen LogP contribution in [0.2, 0.25) is 0 Å². The summed E-state index contributed by atoms with van der Waals surface area (Å²) in [7, 11) is 5.31. The number of para-hydroxylation sites is 2. The number of rotatable bonds is 6. The highest BCUT2D eigenvalue weighted by molar-refractivity contribution is 5.91. The summed E-state index contributed by atoms with van der Waals surface area (Å²) in [6.07, 6.45) is 3.52. The van der Waals surface area contributed by atoms with Gasteiger partial charge in [0.05, 0.1) is 19.7 Å². The Labute approximate surface area is 169 Å². The Morgan fingerprint density at radius 2 is 1.76 bits per heavy atom. The molecule has 0 unspecified atom stereocenters. The maximum Gasteiger partial charge on any atom is 0.165 e. The van der Waals surface area contributed by atoms with Crippen LogP contribution >= 0.6 is 0 Å². The summed E-state index contributed by atoms with van der Waals surface area (Å²) in [4.78, 5) is 15.9. The van der Waals surface area contributed by atoms with Gasteiger partial charge < -0.3 is 14.4 Å². The molecule has 4 rings (SSSR count). The van der Waals surface area contributed by atoms with Crippen molar-refractivity contribution in [2.75, 3.05) is 26.2 Å². The first-order valence-corrected chi connectivity index (χ1v) is 9.29. The van der Waals surface area contributed by atoms with Crippen molar-refractivity contribution in [2.45, 2.75) is 6.54 Å². The van der Waals surface area contributed by atoms with Gasteiger partial charge in [0.2, 0.25) is 0 Å². The summed E-state index contributed by atoms with van der Waals surface area (Å²) >= 11 is 0. The summed E-state index contributed by atoms with van der Waals surface area (Å²) < 4.78 is 11.0. The number of nitrogens with zero attached hydrogens (tertiary/aromatic N) is 4. The predicted molar refractivity (Wildman–Crippen MR) is 114 cm³/mol. The van der Waals surface area contributed by atoms with Crippen LogP contribution in [-0.4, -0.2) is 36.2 Å². The lowest BCUT2D eigenvalue weighted by atomic mass is 10.1. The standard InChI is InChI=1S/C23H22N4O2/c1-27(15-17-8-6-12-20(28-2)21(17)29-3)23-18-10-4-5-11-19(18)25-22(26-23)16-9-7-13-24-14-16/h4-14H,15H2,1-3H3. The van der Waals surface area contributed by atoms with Gasteiger partial charge in [-0.25, -0.2) is 9.97 Å². The van der Waals surface area contributed by atoms with Crippen LogP contribution in [0, 0.1) is 0 Å². The van der Waals surface area contributed by atoms with E-state index in [9.17, 15) is 0 Å². The van der Waals surface area contributed by atoms with Gasteiger partial charge in [-0.05, 0) is 30.3 Å². The number of aromatic nitrogens is 3. The average molecular weight is 386 g/mol. The van der Waals surface area contributed by atoms with Gasteiger partial charge in [-0.3, -0.25) is 4.98 Å². The van der Waals surface area contributed by atoms with Gasteiger partial charge in [-0.2, -0.15) is 0 Å². The zero-order valence-electron chi connectivity index (χ0n) is 16.7. The Kier molecular flexibility index (Phi) is 5.24. The van der Waals surface area contributed by atoms with Crippen molar-refractivity contribution in [3.63, 3.8) is 0 Å². The number of ether oxygens (including phenoxy) is 2. The van der Waals surface area contributed by atoms with Gasteiger partial charge >= 0.3 is 0 Å². The Hall–Kier alpha value is -3.67. The van der Waals surface area contributed by atoms with E-state index in [1.807, 2.05) is 61.6 Å². The Morgan fingerprint density at radius 3 is 2.52 bits per heavy atom. The molecule has 0 aliphatic heterocycles. The monoisotopic (exact) mass is 386 g/mol. The molecule has 0 radical (unpaired) electrons. The molecule has 0 N–H and O–H groups in total. The fourth-order valence-electron chi connectivity index (χ4n) is 3.38. The zero-order valence-corrected chi connectivity index (χ0v) is 16.7. The molecule has 29 heavy (non-hydrogen) atoms. The molecule has 0 aliphatic carbocycles. The third-order valence-electron chi connectivity index (χ3n) is 4.76. The molecule has 0 bridgehead atoms. The molecule has 6 nitrogen and oxygen atoms in total. The molecule has 0 fully saturated rings. The number of pyridine rings is 1. The van der Waals surface area contributed by atoms with Crippen LogP contribution < -0.4 is 14.4 Å². The summed E-state index contributed by atoms with van der Waals surface area (Å²) in [6.45, 7) is 0.605. The second-order valence-electron chi connectivity index (χ2n) is 6.64. The lowest BCUT2D eigenvalue weighted by Gasteiger charge is -2.22. The zero-order chi connectivity index (χ0) is 20.2. The Morgan fingerprint density at radius 1 is 0.897 bits per heavy atom. The highest BCUT2D eigenvalue weighted by Gasteiger charge is 2.16. The normalized spacial score (nSPS) is 10.7. The van der Waals surface area contributed by atoms with E-state index in [0.717, 1.165) is 33.6 Å². The molecule has 6 heteroatoms. The number of hydrogen-bond donors (Lipinski definition) is 0.